The van der Waals surface area contributed by atoms with Crippen LogP contribution in [0, 0.1) is 0 Å². The maximum atomic E-state index is 12.3. The van der Waals surface area contributed by atoms with Gasteiger partial charge in [-0.2, -0.15) is 0 Å². The van der Waals surface area contributed by atoms with Gasteiger partial charge in [0.1, 0.15) is 0 Å². The molecule has 0 heterocycles. The molecule has 23 heavy (non-hydrogen) atoms. The fourth-order valence-corrected chi connectivity index (χ4v) is 3.03. The molecule has 122 valence electrons. The van der Waals surface area contributed by atoms with Crippen molar-refractivity contribution in [3.8, 4) is 0 Å². The van der Waals surface area contributed by atoms with Crippen LogP contribution >= 0.6 is 31.9 Å². The zero-order chi connectivity index (χ0) is 16.8. The van der Waals surface area contributed by atoms with Gasteiger partial charge in [0.05, 0.1) is 24.0 Å². The van der Waals surface area contributed by atoms with Crippen LogP contribution in [0.1, 0.15) is 30.2 Å². The maximum absolute atomic E-state index is 12.3. The molecule has 3 nitrogen and oxygen atoms in total. The van der Waals surface area contributed by atoms with Crippen molar-refractivity contribution in [1.29, 1.82) is 0 Å². The molecule has 0 unspecified atom stereocenters. The summed E-state index contributed by atoms with van der Waals surface area (Å²) in [7, 11) is 0. The number of hydrogen-bond acceptors (Lipinski definition) is 2. The third-order valence-electron chi connectivity index (χ3n) is 3.81. The van der Waals surface area contributed by atoms with Crippen molar-refractivity contribution in [3.05, 3.63) is 70.2 Å². The Hall–Kier alpha value is -1.17. The van der Waals surface area contributed by atoms with Gasteiger partial charge in [0, 0.05) is 4.47 Å². The molecule has 2 atom stereocenters. The largest absolute Gasteiger partial charge is 0.387 e. The van der Waals surface area contributed by atoms with E-state index in [-0.39, 0.29) is 23.8 Å². The van der Waals surface area contributed by atoms with Gasteiger partial charge < -0.3 is 10.0 Å². The van der Waals surface area contributed by atoms with E-state index in [1.165, 1.54) is 0 Å². The number of nitrogens with zero attached hydrogens (tertiary/aromatic N) is 1. The minimum absolute atomic E-state index is 0.0440. The van der Waals surface area contributed by atoms with Crippen molar-refractivity contribution in [3.63, 3.8) is 0 Å². The first-order valence-electron chi connectivity index (χ1n) is 7.37. The number of rotatable bonds is 6. The maximum Gasteiger partial charge on any atom is 0.233 e. The van der Waals surface area contributed by atoms with Gasteiger partial charge >= 0.3 is 0 Å². The van der Waals surface area contributed by atoms with Crippen molar-refractivity contribution in [2.75, 3.05) is 11.9 Å². The third kappa shape index (κ3) is 4.90. The Morgan fingerprint density at radius 1 is 1.09 bits per heavy atom. The van der Waals surface area contributed by atoms with Gasteiger partial charge in [0.2, 0.25) is 5.91 Å². The number of amides is 1. The van der Waals surface area contributed by atoms with Gasteiger partial charge in [-0.15, -0.1) is 0 Å². The van der Waals surface area contributed by atoms with Crippen LogP contribution in [0.5, 0.6) is 0 Å². The molecule has 0 aromatic heterocycles. The highest BCUT2D eigenvalue weighted by Gasteiger charge is 2.23. The van der Waals surface area contributed by atoms with E-state index >= 15 is 0 Å². The second-order valence-electron chi connectivity index (χ2n) is 5.33. The van der Waals surface area contributed by atoms with Gasteiger partial charge in [0.25, 0.3) is 0 Å². The van der Waals surface area contributed by atoms with E-state index in [4.69, 9.17) is 0 Å². The molecule has 5 heteroatoms. The van der Waals surface area contributed by atoms with Crippen LogP contribution in [-0.4, -0.2) is 27.8 Å². The Morgan fingerprint density at radius 3 is 2.26 bits per heavy atom. The van der Waals surface area contributed by atoms with Crippen LogP contribution in [0.15, 0.2) is 59.1 Å². The van der Waals surface area contributed by atoms with E-state index in [1.54, 1.807) is 4.90 Å². The van der Waals surface area contributed by atoms with E-state index in [0.717, 1.165) is 15.6 Å². The summed E-state index contributed by atoms with van der Waals surface area (Å²) in [5, 5.41) is 10.7. The van der Waals surface area contributed by atoms with Crippen molar-refractivity contribution in [2.45, 2.75) is 19.1 Å². The van der Waals surface area contributed by atoms with Crippen LogP contribution in [0.3, 0.4) is 0 Å². The molecular formula is C18H19Br2NO2. The average molecular weight is 441 g/mol. The predicted molar refractivity (Wildman–Crippen MR) is 99.5 cm³/mol. The Kier molecular flexibility index (Phi) is 6.81. The number of carbonyl (C=O) groups excluding carboxylic acids is 1. The zero-order valence-electron chi connectivity index (χ0n) is 12.8. The van der Waals surface area contributed by atoms with E-state index in [9.17, 15) is 9.90 Å². The molecule has 0 fully saturated rings. The quantitative estimate of drug-likeness (QED) is 0.673. The summed E-state index contributed by atoms with van der Waals surface area (Å²) in [5.41, 5.74) is 1.84. The van der Waals surface area contributed by atoms with Crippen molar-refractivity contribution < 1.29 is 9.90 Å². The number of alkyl halides is 1. The molecule has 1 amide bonds. The van der Waals surface area contributed by atoms with Gasteiger partial charge in [0.15, 0.2) is 0 Å². The molecule has 0 bridgehead atoms. The van der Waals surface area contributed by atoms with Crippen molar-refractivity contribution in [1.82, 2.24) is 4.90 Å². The number of hydrogen-bond donors (Lipinski definition) is 1. The SMILES string of the molecule is C[C@H](c1ccccc1)N(C[C@H](O)c1ccc(Br)cc1)C(=O)CBr. The summed E-state index contributed by atoms with van der Waals surface area (Å²) >= 11 is 6.61. The number of carbonyl (C=O) groups is 1. The van der Waals surface area contributed by atoms with E-state index in [0.29, 0.717) is 0 Å². The molecule has 0 saturated heterocycles. The first kappa shape index (κ1) is 18.2. The number of benzene rings is 2. The Balaban J connectivity index is 2.18. The third-order valence-corrected chi connectivity index (χ3v) is 4.82. The standard InChI is InChI=1S/C18H19Br2NO2/c1-13(14-5-3-2-4-6-14)21(18(23)11-19)12-17(22)15-7-9-16(20)10-8-15/h2-10,13,17,22H,11-12H2,1H3/t13-,17+/m1/s1. The lowest BCUT2D eigenvalue weighted by atomic mass is 10.0. The lowest BCUT2D eigenvalue weighted by molar-refractivity contribution is -0.132. The van der Waals surface area contributed by atoms with Crippen LogP contribution in [0.25, 0.3) is 0 Å². The lowest BCUT2D eigenvalue weighted by Gasteiger charge is -2.31. The minimum Gasteiger partial charge on any atom is -0.387 e. The summed E-state index contributed by atoms with van der Waals surface area (Å²) in [6.07, 6.45) is -0.725. The second kappa shape index (κ2) is 8.62. The Bertz CT molecular complexity index is 631. The molecule has 0 aliphatic rings. The highest BCUT2D eigenvalue weighted by atomic mass is 79.9. The Labute approximate surface area is 153 Å². The van der Waals surface area contributed by atoms with Crippen molar-refractivity contribution in [2.24, 2.45) is 0 Å². The fraction of sp³-hybridized carbons (Fsp3) is 0.278. The van der Waals surface area contributed by atoms with Crippen LogP contribution in [-0.2, 0) is 4.79 Å². The van der Waals surface area contributed by atoms with E-state index in [2.05, 4.69) is 31.9 Å². The lowest BCUT2D eigenvalue weighted by Crippen LogP contribution is -2.37. The minimum atomic E-state index is -0.725. The summed E-state index contributed by atoms with van der Waals surface area (Å²) < 4.78 is 0.958. The van der Waals surface area contributed by atoms with Crippen LogP contribution in [0.4, 0.5) is 0 Å². The molecule has 0 spiro atoms. The normalized spacial score (nSPS) is 13.4. The monoisotopic (exact) mass is 439 g/mol. The molecule has 0 aliphatic carbocycles. The van der Waals surface area contributed by atoms with E-state index < -0.39 is 6.10 Å². The van der Waals surface area contributed by atoms with Gasteiger partial charge in [-0.05, 0) is 30.2 Å². The van der Waals surface area contributed by atoms with E-state index in [1.807, 2.05) is 61.5 Å². The molecule has 0 radical (unpaired) electrons. The summed E-state index contributed by atoms with van der Waals surface area (Å²) in [6, 6.07) is 17.2. The molecular weight excluding hydrogens is 422 g/mol. The Morgan fingerprint density at radius 2 is 1.70 bits per heavy atom. The predicted octanol–water partition coefficient (Wildman–Crippen LogP) is 4.47. The highest BCUT2D eigenvalue weighted by Crippen LogP contribution is 2.25. The molecule has 2 aromatic carbocycles. The molecule has 2 aromatic rings. The van der Waals surface area contributed by atoms with Crippen LogP contribution < -0.4 is 0 Å². The smallest absolute Gasteiger partial charge is 0.233 e. The van der Waals surface area contributed by atoms with Crippen molar-refractivity contribution >= 4 is 37.8 Å². The van der Waals surface area contributed by atoms with Gasteiger partial charge in [-0.3, -0.25) is 4.79 Å². The van der Waals surface area contributed by atoms with Gasteiger partial charge in [-0.1, -0.05) is 74.3 Å². The number of aliphatic hydroxyl groups is 1. The van der Waals surface area contributed by atoms with Crippen LogP contribution in [0.2, 0.25) is 0 Å². The topological polar surface area (TPSA) is 40.5 Å². The first-order valence-corrected chi connectivity index (χ1v) is 9.28. The van der Waals surface area contributed by atoms with Gasteiger partial charge in [-0.25, -0.2) is 0 Å². The summed E-state index contributed by atoms with van der Waals surface area (Å²) in [4.78, 5) is 14.0. The zero-order valence-corrected chi connectivity index (χ0v) is 16.0. The second-order valence-corrected chi connectivity index (χ2v) is 6.81. The average Bonchev–Trinajstić information content (AvgIpc) is 2.59. The molecule has 2 rings (SSSR count). The summed E-state index contributed by atoms with van der Waals surface area (Å²) in [6.45, 7) is 2.23. The molecule has 1 N–H and O–H groups in total. The fourth-order valence-electron chi connectivity index (χ4n) is 2.44. The number of halogens is 2. The highest BCUT2D eigenvalue weighted by molar-refractivity contribution is 9.10. The number of aliphatic hydroxyl groups excluding tert-OH is 1. The first-order chi connectivity index (χ1) is 11.0. The molecule has 0 aliphatic heterocycles. The summed E-state index contributed by atoms with van der Waals surface area (Å²) in [5.74, 6) is -0.0440. The molecule has 0 saturated carbocycles.